The van der Waals surface area contributed by atoms with Crippen LogP contribution in [0.15, 0.2) is 0 Å². The minimum atomic E-state index is -1.07. The van der Waals surface area contributed by atoms with E-state index in [1.807, 2.05) is 0 Å². The predicted molar refractivity (Wildman–Crippen MR) is 40.8 cm³/mol. The van der Waals surface area contributed by atoms with Crippen molar-refractivity contribution >= 4 is 11.8 Å². The predicted octanol–water partition coefficient (Wildman–Crippen LogP) is -0.979. The third-order valence-electron chi connectivity index (χ3n) is 1.70. The average molecular weight is 172 g/mol. The van der Waals surface area contributed by atoms with Crippen LogP contribution in [-0.4, -0.2) is 34.6 Å². The van der Waals surface area contributed by atoms with Crippen LogP contribution in [0, 0.1) is 0 Å². The average Bonchev–Trinajstić information content (AvgIpc) is 2.36. The first kappa shape index (κ1) is 8.99. The lowest BCUT2D eigenvalue weighted by molar-refractivity contribution is -0.141. The summed E-state index contributed by atoms with van der Waals surface area (Å²) in [6.07, 6.45) is 0.164. The quantitative estimate of drug-likeness (QED) is 0.562. The zero-order valence-electron chi connectivity index (χ0n) is 6.91. The van der Waals surface area contributed by atoms with Gasteiger partial charge in [0.1, 0.15) is 6.10 Å². The van der Waals surface area contributed by atoms with Crippen molar-refractivity contribution in [2.24, 2.45) is 0 Å². The fourth-order valence-electron chi connectivity index (χ4n) is 0.993. The molecule has 0 aromatic heterocycles. The van der Waals surface area contributed by atoms with Crippen molar-refractivity contribution in [3.8, 4) is 0 Å². The molecule has 0 aliphatic carbocycles. The summed E-state index contributed by atoms with van der Waals surface area (Å²) in [6.45, 7) is 1.90. The van der Waals surface area contributed by atoms with Crippen LogP contribution in [0.3, 0.4) is 0 Å². The van der Waals surface area contributed by atoms with E-state index in [0.717, 1.165) is 6.42 Å². The Hall–Kier alpha value is -1.10. The second kappa shape index (κ2) is 3.53. The van der Waals surface area contributed by atoms with Crippen molar-refractivity contribution in [3.63, 3.8) is 0 Å². The van der Waals surface area contributed by atoms with Gasteiger partial charge in [-0.05, 0) is 13.3 Å². The molecule has 1 fully saturated rings. The third-order valence-corrected chi connectivity index (χ3v) is 1.70. The van der Waals surface area contributed by atoms with E-state index in [4.69, 9.17) is 5.11 Å². The van der Waals surface area contributed by atoms with Crippen LogP contribution >= 0.6 is 0 Å². The first-order valence-electron chi connectivity index (χ1n) is 3.90. The van der Waals surface area contributed by atoms with Gasteiger partial charge in [-0.25, -0.2) is 0 Å². The maximum Gasteiger partial charge on any atom is 0.267 e. The standard InChI is InChI=1S/C7H12N2O3/c1-5(10)7(12)8-9-4-2-3-6(9)11/h5,10H,2-4H2,1H3,(H,8,12). The maximum atomic E-state index is 11.0. The van der Waals surface area contributed by atoms with E-state index >= 15 is 0 Å². The van der Waals surface area contributed by atoms with E-state index in [0.29, 0.717) is 13.0 Å². The van der Waals surface area contributed by atoms with Gasteiger partial charge in [0.05, 0.1) is 0 Å². The highest BCUT2D eigenvalue weighted by atomic mass is 16.3. The molecule has 1 saturated heterocycles. The van der Waals surface area contributed by atoms with Crippen LogP contribution in [-0.2, 0) is 9.59 Å². The number of carbonyl (C=O) groups excluding carboxylic acids is 2. The highest BCUT2D eigenvalue weighted by Gasteiger charge is 2.22. The van der Waals surface area contributed by atoms with Gasteiger partial charge in [0.25, 0.3) is 5.91 Å². The second-order valence-corrected chi connectivity index (χ2v) is 2.80. The van der Waals surface area contributed by atoms with Crippen LogP contribution < -0.4 is 5.43 Å². The lowest BCUT2D eigenvalue weighted by Gasteiger charge is -2.17. The summed E-state index contributed by atoms with van der Waals surface area (Å²) in [5.74, 6) is -0.630. The third kappa shape index (κ3) is 1.94. The van der Waals surface area contributed by atoms with Gasteiger partial charge in [-0.3, -0.25) is 20.0 Å². The molecule has 12 heavy (non-hydrogen) atoms. The largest absolute Gasteiger partial charge is 0.383 e. The molecule has 1 aliphatic rings. The van der Waals surface area contributed by atoms with E-state index in [9.17, 15) is 9.59 Å². The van der Waals surface area contributed by atoms with Crippen LogP contribution in [0.2, 0.25) is 0 Å². The van der Waals surface area contributed by atoms with E-state index < -0.39 is 12.0 Å². The molecule has 1 heterocycles. The number of hydrogen-bond acceptors (Lipinski definition) is 3. The van der Waals surface area contributed by atoms with Gasteiger partial charge in [0, 0.05) is 13.0 Å². The molecule has 0 spiro atoms. The van der Waals surface area contributed by atoms with Crippen LogP contribution in [0.1, 0.15) is 19.8 Å². The van der Waals surface area contributed by atoms with Gasteiger partial charge >= 0.3 is 0 Å². The van der Waals surface area contributed by atoms with Gasteiger partial charge < -0.3 is 5.11 Å². The molecule has 0 bridgehead atoms. The number of aliphatic hydroxyl groups is 1. The number of hydrogen-bond donors (Lipinski definition) is 2. The number of nitrogens with one attached hydrogen (secondary N) is 1. The smallest absolute Gasteiger partial charge is 0.267 e. The molecule has 68 valence electrons. The van der Waals surface area contributed by atoms with Gasteiger partial charge in [0.2, 0.25) is 5.91 Å². The van der Waals surface area contributed by atoms with Crippen LogP contribution in [0.5, 0.6) is 0 Å². The van der Waals surface area contributed by atoms with Crippen molar-refractivity contribution in [2.45, 2.75) is 25.9 Å². The SMILES string of the molecule is CC(O)C(=O)NN1CCCC1=O. The van der Waals surface area contributed by atoms with Crippen molar-refractivity contribution in [3.05, 3.63) is 0 Å². The molecule has 2 N–H and O–H groups in total. The molecule has 1 aliphatic heterocycles. The molecule has 5 heteroatoms. The fraction of sp³-hybridized carbons (Fsp3) is 0.714. The van der Waals surface area contributed by atoms with E-state index in [1.54, 1.807) is 0 Å². The molecule has 0 radical (unpaired) electrons. The molecular weight excluding hydrogens is 160 g/mol. The number of carbonyl (C=O) groups is 2. The van der Waals surface area contributed by atoms with Crippen molar-refractivity contribution < 1.29 is 14.7 Å². The van der Waals surface area contributed by atoms with Gasteiger partial charge in [0.15, 0.2) is 0 Å². The minimum absolute atomic E-state index is 0.0935. The Labute approximate surface area is 70.3 Å². The monoisotopic (exact) mass is 172 g/mol. The lowest BCUT2D eigenvalue weighted by atomic mass is 10.4. The summed E-state index contributed by atoms with van der Waals surface area (Å²) in [4.78, 5) is 21.9. The topological polar surface area (TPSA) is 69.6 Å². The maximum absolute atomic E-state index is 11.0. The molecule has 1 atom stereocenters. The molecule has 1 rings (SSSR count). The van der Waals surface area contributed by atoms with Crippen molar-refractivity contribution in [2.75, 3.05) is 6.54 Å². The Bertz CT molecular complexity index is 203. The first-order chi connectivity index (χ1) is 5.61. The van der Waals surface area contributed by atoms with Crippen LogP contribution in [0.25, 0.3) is 0 Å². The summed E-state index contributed by atoms with van der Waals surface area (Å²) in [5, 5.41) is 10.1. The molecule has 0 aromatic carbocycles. The zero-order chi connectivity index (χ0) is 9.14. The Balaban J connectivity index is 2.40. The highest BCUT2D eigenvalue weighted by molar-refractivity contribution is 5.85. The summed E-state index contributed by atoms with van der Waals surface area (Å²) in [5.41, 5.74) is 2.32. The normalized spacial score (nSPS) is 19.5. The zero-order valence-corrected chi connectivity index (χ0v) is 6.91. The van der Waals surface area contributed by atoms with Crippen molar-refractivity contribution in [1.29, 1.82) is 0 Å². The second-order valence-electron chi connectivity index (χ2n) is 2.80. The Kier molecular flexibility index (Phi) is 2.65. The van der Waals surface area contributed by atoms with E-state index in [1.165, 1.54) is 11.9 Å². The molecule has 0 saturated carbocycles. The number of hydrazine groups is 1. The molecule has 0 aromatic rings. The number of amides is 2. The molecular formula is C7H12N2O3. The van der Waals surface area contributed by atoms with Crippen LogP contribution in [0.4, 0.5) is 0 Å². The van der Waals surface area contributed by atoms with E-state index in [-0.39, 0.29) is 5.91 Å². The van der Waals surface area contributed by atoms with Gasteiger partial charge in [-0.2, -0.15) is 0 Å². The Morgan fingerprint density at radius 1 is 1.75 bits per heavy atom. The van der Waals surface area contributed by atoms with Crippen molar-refractivity contribution in [1.82, 2.24) is 10.4 Å². The van der Waals surface area contributed by atoms with Gasteiger partial charge in [-0.15, -0.1) is 0 Å². The van der Waals surface area contributed by atoms with E-state index in [2.05, 4.69) is 5.43 Å². The molecule has 2 amide bonds. The van der Waals surface area contributed by atoms with Gasteiger partial charge in [-0.1, -0.05) is 0 Å². The summed E-state index contributed by atoms with van der Waals surface area (Å²) in [7, 11) is 0. The summed E-state index contributed by atoms with van der Waals surface area (Å²) in [6, 6.07) is 0. The Morgan fingerprint density at radius 3 is 2.83 bits per heavy atom. The lowest BCUT2D eigenvalue weighted by Crippen LogP contribution is -2.46. The minimum Gasteiger partial charge on any atom is -0.383 e. The Morgan fingerprint density at radius 2 is 2.42 bits per heavy atom. The molecule has 1 unspecified atom stereocenters. The number of rotatable bonds is 2. The number of aliphatic hydroxyl groups excluding tert-OH is 1. The first-order valence-corrected chi connectivity index (χ1v) is 3.90. The fourth-order valence-corrected chi connectivity index (χ4v) is 0.993. The number of nitrogens with zero attached hydrogens (tertiary/aromatic N) is 1. The summed E-state index contributed by atoms with van der Waals surface area (Å²) < 4.78 is 0. The molecule has 5 nitrogen and oxygen atoms in total. The summed E-state index contributed by atoms with van der Waals surface area (Å²) >= 11 is 0. The highest BCUT2D eigenvalue weighted by Crippen LogP contribution is 2.05.